The van der Waals surface area contributed by atoms with Crippen molar-refractivity contribution in [2.24, 2.45) is 0 Å². The standard InChI is InChI=1S/C22H30N2O4S2/c1-17-8-9-21(29-17)14-23(13-20-7-4-11-28-20)15-22(25)24(18-5-2-3-6-18)19-10-12-30(26,27)16-19/h4,7-9,11,18-19H,2-3,5-6,10,12-16H2,1H3. The van der Waals surface area contributed by atoms with Gasteiger partial charge in [0.05, 0.1) is 30.9 Å². The Hall–Kier alpha value is -1.64. The van der Waals surface area contributed by atoms with Gasteiger partial charge in [0.2, 0.25) is 5.91 Å². The van der Waals surface area contributed by atoms with Crippen LogP contribution in [-0.4, -0.2) is 54.3 Å². The van der Waals surface area contributed by atoms with Crippen molar-refractivity contribution in [1.82, 2.24) is 9.80 Å². The lowest BCUT2D eigenvalue weighted by Crippen LogP contribution is -2.50. The molecule has 1 aliphatic heterocycles. The molecule has 8 heteroatoms. The number of hydrogen-bond acceptors (Lipinski definition) is 6. The van der Waals surface area contributed by atoms with Gasteiger partial charge in [0, 0.05) is 28.4 Å². The first-order chi connectivity index (χ1) is 14.4. The van der Waals surface area contributed by atoms with Crippen LogP contribution in [0.1, 0.15) is 47.6 Å². The monoisotopic (exact) mass is 450 g/mol. The van der Waals surface area contributed by atoms with Gasteiger partial charge in [-0.25, -0.2) is 8.42 Å². The molecular formula is C22H30N2O4S2. The molecule has 1 aliphatic carbocycles. The number of amides is 1. The number of sulfone groups is 1. The highest BCUT2D eigenvalue weighted by molar-refractivity contribution is 7.91. The van der Waals surface area contributed by atoms with E-state index in [-0.39, 0.29) is 36.0 Å². The fraction of sp³-hybridized carbons (Fsp3) is 0.591. The van der Waals surface area contributed by atoms with Gasteiger partial charge in [0.25, 0.3) is 0 Å². The second-order valence-corrected chi connectivity index (χ2v) is 12.1. The van der Waals surface area contributed by atoms with E-state index in [1.165, 1.54) is 9.75 Å². The second-order valence-electron chi connectivity index (χ2n) is 8.53. The molecule has 2 fully saturated rings. The summed E-state index contributed by atoms with van der Waals surface area (Å²) in [6, 6.07) is 7.98. The zero-order valence-electron chi connectivity index (χ0n) is 17.5. The molecule has 1 atom stereocenters. The van der Waals surface area contributed by atoms with Gasteiger partial charge in [-0.3, -0.25) is 9.69 Å². The predicted molar refractivity (Wildman–Crippen MR) is 118 cm³/mol. The van der Waals surface area contributed by atoms with Crippen molar-refractivity contribution >= 4 is 27.1 Å². The van der Waals surface area contributed by atoms with Crippen molar-refractivity contribution in [2.75, 3.05) is 18.1 Å². The fourth-order valence-corrected chi connectivity index (χ4v) is 7.38. The van der Waals surface area contributed by atoms with Crippen LogP contribution in [0.3, 0.4) is 0 Å². The maximum Gasteiger partial charge on any atom is 0.237 e. The van der Waals surface area contributed by atoms with E-state index in [0.717, 1.165) is 31.4 Å². The van der Waals surface area contributed by atoms with Gasteiger partial charge in [0.1, 0.15) is 5.76 Å². The van der Waals surface area contributed by atoms with Gasteiger partial charge in [-0.05, 0) is 50.5 Å². The molecule has 2 aliphatic rings. The molecule has 2 aromatic rings. The Kier molecular flexibility index (Phi) is 6.65. The molecule has 1 saturated heterocycles. The van der Waals surface area contributed by atoms with Crippen molar-refractivity contribution in [1.29, 1.82) is 0 Å². The summed E-state index contributed by atoms with van der Waals surface area (Å²) in [5.74, 6) is 1.17. The Bertz CT molecular complexity index is 946. The molecule has 0 N–H and O–H groups in total. The van der Waals surface area contributed by atoms with Crippen molar-refractivity contribution in [3.63, 3.8) is 0 Å². The first-order valence-corrected chi connectivity index (χ1v) is 13.3. The number of carbonyl (C=O) groups excluding carboxylic acids is 1. The van der Waals surface area contributed by atoms with E-state index in [1.54, 1.807) is 17.6 Å². The van der Waals surface area contributed by atoms with Gasteiger partial charge in [-0.2, -0.15) is 0 Å². The third-order valence-electron chi connectivity index (χ3n) is 6.10. The van der Waals surface area contributed by atoms with E-state index in [9.17, 15) is 13.2 Å². The van der Waals surface area contributed by atoms with Crippen LogP contribution in [0.15, 0.2) is 34.9 Å². The number of carbonyl (C=O) groups is 1. The molecule has 30 heavy (non-hydrogen) atoms. The molecule has 0 radical (unpaired) electrons. The second kappa shape index (κ2) is 9.24. The van der Waals surface area contributed by atoms with Crippen molar-refractivity contribution in [3.05, 3.63) is 46.0 Å². The Morgan fingerprint density at radius 2 is 1.93 bits per heavy atom. The summed E-state index contributed by atoms with van der Waals surface area (Å²) in [6.07, 6.45) is 6.39. The first-order valence-electron chi connectivity index (χ1n) is 10.7. The van der Waals surface area contributed by atoms with E-state index in [2.05, 4.69) is 24.0 Å². The summed E-state index contributed by atoms with van der Waals surface area (Å²) in [5.41, 5.74) is 0. The first kappa shape index (κ1) is 21.6. The van der Waals surface area contributed by atoms with Crippen molar-refractivity contribution < 1.29 is 17.6 Å². The SMILES string of the molecule is Cc1ccc(CN(CC(=O)N(C2CCCC2)C2CCS(=O)(=O)C2)Cc2ccco2)s1. The van der Waals surface area contributed by atoms with Crippen LogP contribution in [0.4, 0.5) is 0 Å². The molecule has 1 amide bonds. The molecule has 1 unspecified atom stereocenters. The molecule has 4 rings (SSSR count). The van der Waals surface area contributed by atoms with E-state index in [4.69, 9.17) is 4.42 Å². The number of furan rings is 1. The largest absolute Gasteiger partial charge is 0.468 e. The average molecular weight is 451 g/mol. The molecule has 0 spiro atoms. The van der Waals surface area contributed by atoms with Crippen LogP contribution in [0.25, 0.3) is 0 Å². The minimum absolute atomic E-state index is 0.0452. The van der Waals surface area contributed by atoms with Crippen molar-refractivity contribution in [2.45, 2.75) is 64.2 Å². The minimum Gasteiger partial charge on any atom is -0.468 e. The highest BCUT2D eigenvalue weighted by Crippen LogP contribution is 2.29. The molecule has 6 nitrogen and oxygen atoms in total. The summed E-state index contributed by atoms with van der Waals surface area (Å²) in [7, 11) is -3.04. The topological polar surface area (TPSA) is 70.8 Å². The number of rotatable bonds is 8. The Balaban J connectivity index is 1.51. The van der Waals surface area contributed by atoms with Crippen molar-refractivity contribution in [3.8, 4) is 0 Å². The highest BCUT2D eigenvalue weighted by Gasteiger charge is 2.39. The van der Waals surface area contributed by atoms with Crippen LogP contribution in [0.2, 0.25) is 0 Å². The molecular weight excluding hydrogens is 420 g/mol. The van der Waals surface area contributed by atoms with Crippen LogP contribution in [-0.2, 0) is 27.7 Å². The van der Waals surface area contributed by atoms with E-state index < -0.39 is 9.84 Å². The summed E-state index contributed by atoms with van der Waals surface area (Å²) in [4.78, 5) is 20.0. The summed E-state index contributed by atoms with van der Waals surface area (Å²) < 4.78 is 29.7. The third kappa shape index (κ3) is 5.34. The number of aryl methyl sites for hydroxylation is 1. The normalized spacial score (nSPS) is 21.5. The van der Waals surface area contributed by atoms with Crippen LogP contribution in [0.5, 0.6) is 0 Å². The van der Waals surface area contributed by atoms with Crippen LogP contribution in [0, 0.1) is 6.92 Å². The van der Waals surface area contributed by atoms with Gasteiger partial charge >= 0.3 is 0 Å². The summed E-state index contributed by atoms with van der Waals surface area (Å²) in [5, 5.41) is 0. The third-order valence-corrected chi connectivity index (χ3v) is 8.84. The maximum absolute atomic E-state index is 13.5. The van der Waals surface area contributed by atoms with E-state index in [0.29, 0.717) is 19.5 Å². The van der Waals surface area contributed by atoms with Crippen LogP contribution < -0.4 is 0 Å². The quantitative estimate of drug-likeness (QED) is 0.614. The fourth-order valence-electron chi connectivity index (χ4n) is 4.74. The Morgan fingerprint density at radius 1 is 1.13 bits per heavy atom. The predicted octanol–water partition coefficient (Wildman–Crippen LogP) is 3.61. The van der Waals surface area contributed by atoms with E-state index in [1.807, 2.05) is 17.0 Å². The molecule has 2 aromatic heterocycles. The van der Waals surface area contributed by atoms with Gasteiger partial charge in [-0.1, -0.05) is 12.8 Å². The highest BCUT2D eigenvalue weighted by atomic mass is 32.2. The zero-order chi connectivity index (χ0) is 21.1. The van der Waals surface area contributed by atoms with Gasteiger partial charge in [0.15, 0.2) is 9.84 Å². The van der Waals surface area contributed by atoms with Gasteiger partial charge in [-0.15, -0.1) is 11.3 Å². The van der Waals surface area contributed by atoms with Gasteiger partial charge < -0.3 is 9.32 Å². The van der Waals surface area contributed by atoms with Crippen LogP contribution >= 0.6 is 11.3 Å². The number of thiophene rings is 1. The Morgan fingerprint density at radius 3 is 2.53 bits per heavy atom. The number of nitrogens with zero attached hydrogens (tertiary/aromatic N) is 2. The minimum atomic E-state index is -3.04. The maximum atomic E-state index is 13.5. The smallest absolute Gasteiger partial charge is 0.237 e. The zero-order valence-corrected chi connectivity index (χ0v) is 19.1. The lowest BCUT2D eigenvalue weighted by molar-refractivity contribution is -0.137. The number of hydrogen-bond donors (Lipinski definition) is 0. The lowest BCUT2D eigenvalue weighted by atomic mass is 10.1. The summed E-state index contributed by atoms with van der Waals surface area (Å²) in [6.45, 7) is 3.58. The molecule has 3 heterocycles. The van der Waals surface area contributed by atoms with E-state index >= 15 is 0 Å². The molecule has 0 aromatic carbocycles. The molecule has 1 saturated carbocycles. The summed E-state index contributed by atoms with van der Waals surface area (Å²) >= 11 is 1.74. The molecule has 0 bridgehead atoms. The Labute approximate surface area is 182 Å². The lowest BCUT2D eigenvalue weighted by Gasteiger charge is -2.35. The molecule has 164 valence electrons. The average Bonchev–Trinajstić information content (AvgIpc) is 3.46.